The minimum atomic E-state index is -0.247. The number of amides is 2. The largest absolute Gasteiger partial charge is 0.326 e. The number of carbonyl (C=O) groups is 2. The molecule has 0 spiro atoms. The monoisotopic (exact) mass is 416 g/mol. The van der Waals surface area contributed by atoms with E-state index >= 15 is 0 Å². The van der Waals surface area contributed by atoms with E-state index in [2.05, 4.69) is 28.6 Å². The van der Waals surface area contributed by atoms with E-state index in [4.69, 9.17) is 5.26 Å². The molecule has 0 bridgehead atoms. The Morgan fingerprint density at radius 1 is 1.13 bits per heavy atom. The first-order valence-electron chi connectivity index (χ1n) is 9.68. The zero-order valence-electron chi connectivity index (χ0n) is 16.4. The summed E-state index contributed by atoms with van der Waals surface area (Å²) in [5.41, 5.74) is 2.89. The van der Waals surface area contributed by atoms with Gasteiger partial charge in [-0.15, -0.1) is 11.3 Å². The normalized spacial score (nSPS) is 17.1. The lowest BCUT2D eigenvalue weighted by Gasteiger charge is -2.06. The highest BCUT2D eigenvalue weighted by molar-refractivity contribution is 7.15. The molecular formula is C23H20N4O2S. The number of nitrogens with one attached hydrogen (secondary N) is 2. The molecule has 1 saturated carbocycles. The summed E-state index contributed by atoms with van der Waals surface area (Å²) >= 11 is 1.42. The molecule has 7 heteroatoms. The number of anilines is 2. The summed E-state index contributed by atoms with van der Waals surface area (Å²) in [4.78, 5) is 29.8. The molecule has 1 aromatic heterocycles. The number of thiazole rings is 1. The maximum Gasteiger partial charge on any atom is 0.257 e. The number of hydrogen-bond acceptors (Lipinski definition) is 5. The van der Waals surface area contributed by atoms with Crippen LogP contribution in [0.3, 0.4) is 0 Å². The predicted octanol–water partition coefficient (Wildman–Crippen LogP) is 4.45. The lowest BCUT2D eigenvalue weighted by atomic mass is 10.1. The van der Waals surface area contributed by atoms with E-state index < -0.39 is 0 Å². The fourth-order valence-corrected chi connectivity index (χ4v) is 3.98. The first kappa shape index (κ1) is 19.8. The van der Waals surface area contributed by atoms with Gasteiger partial charge in [-0.1, -0.05) is 19.1 Å². The highest BCUT2D eigenvalue weighted by Gasteiger charge is 2.39. The first-order chi connectivity index (χ1) is 14.5. The molecule has 150 valence electrons. The minimum absolute atomic E-state index is 0.0391. The van der Waals surface area contributed by atoms with Gasteiger partial charge in [-0.2, -0.15) is 5.26 Å². The fourth-order valence-electron chi connectivity index (χ4n) is 3.14. The number of benzene rings is 2. The van der Waals surface area contributed by atoms with Gasteiger partial charge in [-0.25, -0.2) is 4.98 Å². The second-order valence-electron chi connectivity index (χ2n) is 7.46. The number of carbonyl (C=O) groups excluding carboxylic acids is 2. The molecule has 0 saturated heterocycles. The van der Waals surface area contributed by atoms with Crippen molar-refractivity contribution < 1.29 is 9.59 Å². The molecule has 1 aliphatic carbocycles. The molecule has 6 nitrogen and oxygen atoms in total. The molecule has 2 atom stereocenters. The van der Waals surface area contributed by atoms with E-state index in [9.17, 15) is 9.59 Å². The number of nitrogens with zero attached hydrogens (tertiary/aromatic N) is 2. The molecule has 4 rings (SSSR count). The van der Waals surface area contributed by atoms with Crippen LogP contribution in [-0.2, 0) is 11.2 Å². The summed E-state index contributed by atoms with van der Waals surface area (Å²) in [6.07, 6.45) is 3.37. The lowest BCUT2D eigenvalue weighted by Crippen LogP contribution is -2.15. The molecule has 1 aliphatic rings. The third-order valence-corrected chi connectivity index (χ3v) is 6.01. The van der Waals surface area contributed by atoms with Gasteiger partial charge in [0.05, 0.1) is 11.6 Å². The lowest BCUT2D eigenvalue weighted by molar-refractivity contribution is -0.117. The van der Waals surface area contributed by atoms with Crippen LogP contribution in [0.15, 0.2) is 54.7 Å². The van der Waals surface area contributed by atoms with Gasteiger partial charge in [0.1, 0.15) is 0 Å². The second kappa shape index (κ2) is 8.47. The van der Waals surface area contributed by atoms with Gasteiger partial charge in [-0.3, -0.25) is 14.9 Å². The van der Waals surface area contributed by atoms with Crippen molar-refractivity contribution in [1.29, 1.82) is 5.26 Å². The smallest absolute Gasteiger partial charge is 0.257 e. The highest BCUT2D eigenvalue weighted by atomic mass is 32.1. The summed E-state index contributed by atoms with van der Waals surface area (Å²) in [7, 11) is 0. The standard InChI is InChI=1S/C23H20N4O2S/c1-14-10-20(14)22(29)26-18-8-6-17(7-9-18)21(28)27-23-25-13-19(30-23)11-15-2-4-16(12-24)5-3-15/h2-9,13-14,20H,10-11H2,1H3,(H,26,29)(H,25,27,28). The molecule has 3 aromatic rings. The minimum Gasteiger partial charge on any atom is -0.326 e. The van der Waals surface area contributed by atoms with Crippen molar-refractivity contribution in [1.82, 2.24) is 4.98 Å². The fraction of sp³-hybridized carbons (Fsp3) is 0.217. The molecule has 0 radical (unpaired) electrons. The van der Waals surface area contributed by atoms with E-state index in [0.717, 1.165) is 16.9 Å². The van der Waals surface area contributed by atoms with Crippen molar-refractivity contribution >= 4 is 34.0 Å². The summed E-state index contributed by atoms with van der Waals surface area (Å²) in [5.74, 6) is 0.353. The maximum absolute atomic E-state index is 12.5. The van der Waals surface area contributed by atoms with Gasteiger partial charge in [0.2, 0.25) is 5.91 Å². The summed E-state index contributed by atoms with van der Waals surface area (Å²) in [6.45, 7) is 2.06. The van der Waals surface area contributed by atoms with Crippen LogP contribution >= 0.6 is 11.3 Å². The summed E-state index contributed by atoms with van der Waals surface area (Å²) in [5, 5.41) is 15.1. The number of nitriles is 1. The SMILES string of the molecule is CC1CC1C(=O)Nc1ccc(C(=O)Nc2ncc(Cc3ccc(C#N)cc3)s2)cc1. The molecule has 30 heavy (non-hydrogen) atoms. The number of hydrogen-bond donors (Lipinski definition) is 2. The molecule has 2 amide bonds. The van der Waals surface area contributed by atoms with Crippen LogP contribution < -0.4 is 10.6 Å². The van der Waals surface area contributed by atoms with Crippen LogP contribution in [0.25, 0.3) is 0 Å². The van der Waals surface area contributed by atoms with Crippen molar-refractivity contribution in [3.8, 4) is 6.07 Å². The van der Waals surface area contributed by atoms with Gasteiger partial charge in [-0.05, 0) is 54.3 Å². The van der Waals surface area contributed by atoms with E-state index in [1.165, 1.54) is 11.3 Å². The zero-order chi connectivity index (χ0) is 21.1. The van der Waals surface area contributed by atoms with Gasteiger partial charge in [0.15, 0.2) is 5.13 Å². The van der Waals surface area contributed by atoms with Gasteiger partial charge >= 0.3 is 0 Å². The van der Waals surface area contributed by atoms with E-state index in [1.807, 2.05) is 12.1 Å². The Kier molecular flexibility index (Phi) is 5.59. The van der Waals surface area contributed by atoms with Crippen molar-refractivity contribution in [3.63, 3.8) is 0 Å². The predicted molar refractivity (Wildman–Crippen MR) is 116 cm³/mol. The number of rotatable bonds is 6. The third kappa shape index (κ3) is 4.73. The van der Waals surface area contributed by atoms with Crippen molar-refractivity contribution in [2.24, 2.45) is 11.8 Å². The van der Waals surface area contributed by atoms with Crippen LogP contribution in [0, 0.1) is 23.2 Å². The topological polar surface area (TPSA) is 94.9 Å². The Bertz CT molecular complexity index is 1110. The Labute approximate surface area is 178 Å². The van der Waals surface area contributed by atoms with Crippen molar-refractivity contribution in [3.05, 3.63) is 76.3 Å². The Morgan fingerprint density at radius 2 is 1.83 bits per heavy atom. The first-order valence-corrected chi connectivity index (χ1v) is 10.5. The van der Waals surface area contributed by atoms with Crippen molar-refractivity contribution in [2.45, 2.75) is 19.8 Å². The van der Waals surface area contributed by atoms with E-state index in [-0.39, 0.29) is 17.7 Å². The van der Waals surface area contributed by atoms with Gasteiger partial charge in [0, 0.05) is 34.7 Å². The Hall–Kier alpha value is -3.50. The van der Waals surface area contributed by atoms with Crippen LogP contribution in [0.1, 0.15) is 39.7 Å². The average Bonchev–Trinajstić information content (AvgIpc) is 3.34. The molecule has 2 N–H and O–H groups in total. The second-order valence-corrected chi connectivity index (χ2v) is 8.57. The van der Waals surface area contributed by atoms with Crippen molar-refractivity contribution in [2.75, 3.05) is 10.6 Å². The third-order valence-electron chi connectivity index (χ3n) is 5.10. The van der Waals surface area contributed by atoms with E-state index in [0.29, 0.717) is 34.3 Å². The molecular weight excluding hydrogens is 396 g/mol. The van der Waals surface area contributed by atoms with Gasteiger partial charge < -0.3 is 5.32 Å². The van der Waals surface area contributed by atoms with Crippen LogP contribution in [-0.4, -0.2) is 16.8 Å². The molecule has 2 aromatic carbocycles. The van der Waals surface area contributed by atoms with E-state index in [1.54, 1.807) is 42.6 Å². The molecule has 1 heterocycles. The van der Waals surface area contributed by atoms with Gasteiger partial charge in [0.25, 0.3) is 5.91 Å². The van der Waals surface area contributed by atoms with Crippen LogP contribution in [0.4, 0.5) is 10.8 Å². The van der Waals surface area contributed by atoms with Crippen LogP contribution in [0.5, 0.6) is 0 Å². The molecule has 2 unspecified atom stereocenters. The zero-order valence-corrected chi connectivity index (χ0v) is 17.2. The average molecular weight is 417 g/mol. The summed E-state index contributed by atoms with van der Waals surface area (Å²) in [6, 6.07) is 16.4. The van der Waals surface area contributed by atoms with Crippen LogP contribution in [0.2, 0.25) is 0 Å². The Balaban J connectivity index is 1.33. The highest BCUT2D eigenvalue weighted by Crippen LogP contribution is 2.38. The number of aromatic nitrogens is 1. The molecule has 1 fully saturated rings. The maximum atomic E-state index is 12.5. The molecule has 0 aliphatic heterocycles. The summed E-state index contributed by atoms with van der Waals surface area (Å²) < 4.78 is 0. The quantitative estimate of drug-likeness (QED) is 0.620. The Morgan fingerprint density at radius 3 is 2.47 bits per heavy atom.